The van der Waals surface area contributed by atoms with Gasteiger partial charge >= 0.3 is 6.61 Å². The number of nitrogens with zero attached hydrogens (tertiary/aromatic N) is 1. The first-order valence-corrected chi connectivity index (χ1v) is 8.53. The molecular weight excluding hydrogens is 378 g/mol. The third-order valence-electron chi connectivity index (χ3n) is 3.99. The standard InChI is InChI=1S/C19H21ClF2N2O3/c1-24(2)15(12-7-4-5-9-14(12)20)11-23-18(25)13-8-6-10-16(26-3)17(13)27-19(21)22/h4-10,15,19H,11H2,1-3H3,(H,23,25). The summed E-state index contributed by atoms with van der Waals surface area (Å²) in [5.41, 5.74) is 0.811. The summed E-state index contributed by atoms with van der Waals surface area (Å²) >= 11 is 6.26. The van der Waals surface area contributed by atoms with Gasteiger partial charge in [0.05, 0.1) is 18.7 Å². The van der Waals surface area contributed by atoms with E-state index in [1.165, 1.54) is 25.3 Å². The molecule has 0 aliphatic heterocycles. The number of ether oxygens (including phenoxy) is 2. The lowest BCUT2D eigenvalue weighted by molar-refractivity contribution is -0.0515. The predicted molar refractivity (Wildman–Crippen MR) is 99.8 cm³/mol. The number of hydrogen-bond acceptors (Lipinski definition) is 4. The summed E-state index contributed by atoms with van der Waals surface area (Å²) in [5, 5.41) is 3.33. The summed E-state index contributed by atoms with van der Waals surface area (Å²) in [4.78, 5) is 14.5. The van der Waals surface area contributed by atoms with Crippen molar-refractivity contribution < 1.29 is 23.0 Å². The van der Waals surface area contributed by atoms with Crippen LogP contribution < -0.4 is 14.8 Å². The van der Waals surface area contributed by atoms with Gasteiger partial charge in [0.15, 0.2) is 11.5 Å². The molecule has 0 aliphatic rings. The van der Waals surface area contributed by atoms with E-state index in [0.29, 0.717) is 5.02 Å². The van der Waals surface area contributed by atoms with E-state index >= 15 is 0 Å². The van der Waals surface area contributed by atoms with Gasteiger partial charge in [-0.2, -0.15) is 8.78 Å². The second-order valence-electron chi connectivity index (χ2n) is 5.93. The maximum atomic E-state index is 12.7. The van der Waals surface area contributed by atoms with Crippen LogP contribution in [-0.2, 0) is 0 Å². The second-order valence-corrected chi connectivity index (χ2v) is 6.33. The number of hydrogen-bond donors (Lipinski definition) is 1. The highest BCUT2D eigenvalue weighted by molar-refractivity contribution is 6.31. The third-order valence-corrected chi connectivity index (χ3v) is 4.34. The van der Waals surface area contributed by atoms with Crippen LogP contribution in [0.1, 0.15) is 22.0 Å². The first-order valence-electron chi connectivity index (χ1n) is 8.16. The topological polar surface area (TPSA) is 50.8 Å². The van der Waals surface area contributed by atoms with Crippen molar-refractivity contribution in [3.63, 3.8) is 0 Å². The summed E-state index contributed by atoms with van der Waals surface area (Å²) < 4.78 is 35.0. The average Bonchev–Trinajstić information content (AvgIpc) is 2.62. The molecule has 5 nitrogen and oxygen atoms in total. The molecular formula is C19H21ClF2N2O3. The first-order chi connectivity index (χ1) is 12.8. The molecule has 2 aromatic rings. The number of benzene rings is 2. The molecule has 0 aliphatic carbocycles. The minimum absolute atomic E-state index is 0.0358. The molecule has 1 N–H and O–H groups in total. The minimum atomic E-state index is -3.08. The van der Waals surface area contributed by atoms with E-state index in [2.05, 4.69) is 10.1 Å². The normalized spacial score (nSPS) is 12.1. The van der Waals surface area contributed by atoms with E-state index in [0.717, 1.165) is 5.56 Å². The van der Waals surface area contributed by atoms with E-state index in [4.69, 9.17) is 16.3 Å². The van der Waals surface area contributed by atoms with Crippen molar-refractivity contribution in [3.8, 4) is 11.5 Å². The summed E-state index contributed by atoms with van der Waals surface area (Å²) in [5.74, 6) is -0.798. The molecule has 2 aromatic carbocycles. The molecule has 0 aromatic heterocycles. The molecule has 0 fully saturated rings. The van der Waals surface area contributed by atoms with Gasteiger partial charge in [-0.3, -0.25) is 4.79 Å². The van der Waals surface area contributed by atoms with E-state index in [9.17, 15) is 13.6 Å². The Balaban J connectivity index is 2.23. The Labute approximate surface area is 161 Å². The molecule has 1 unspecified atom stereocenters. The quantitative estimate of drug-likeness (QED) is 0.730. The van der Waals surface area contributed by atoms with Crippen LogP contribution in [0.5, 0.6) is 11.5 Å². The van der Waals surface area contributed by atoms with Gasteiger partial charge in [-0.25, -0.2) is 0 Å². The molecule has 2 rings (SSSR count). The number of methoxy groups -OCH3 is 1. The Bertz CT molecular complexity index is 787. The van der Waals surface area contributed by atoms with Gasteiger partial charge in [-0.1, -0.05) is 35.9 Å². The van der Waals surface area contributed by atoms with Gasteiger partial charge in [0.25, 0.3) is 5.91 Å². The molecule has 146 valence electrons. The second kappa shape index (κ2) is 9.53. The lowest BCUT2D eigenvalue weighted by Crippen LogP contribution is -2.35. The van der Waals surface area contributed by atoms with Gasteiger partial charge in [-0.05, 0) is 37.9 Å². The molecule has 0 saturated carbocycles. The fraction of sp³-hybridized carbons (Fsp3) is 0.316. The van der Waals surface area contributed by atoms with Gasteiger partial charge < -0.3 is 19.7 Å². The number of nitrogens with one attached hydrogen (secondary N) is 1. The highest BCUT2D eigenvalue weighted by Crippen LogP contribution is 2.32. The number of rotatable bonds is 8. The smallest absolute Gasteiger partial charge is 0.387 e. The SMILES string of the molecule is COc1cccc(C(=O)NCC(c2ccccc2Cl)N(C)C)c1OC(F)F. The molecule has 0 radical (unpaired) electrons. The van der Waals surface area contributed by atoms with Crippen LogP contribution in [0.4, 0.5) is 8.78 Å². The number of carbonyl (C=O) groups excluding carboxylic acids is 1. The molecule has 0 heterocycles. The number of para-hydroxylation sites is 1. The molecule has 0 spiro atoms. The van der Waals surface area contributed by atoms with Crippen LogP contribution in [0.2, 0.25) is 5.02 Å². The Morgan fingerprint density at radius 2 is 1.89 bits per heavy atom. The van der Waals surface area contributed by atoms with Gasteiger partial charge in [0.2, 0.25) is 0 Å². The highest BCUT2D eigenvalue weighted by Gasteiger charge is 2.22. The molecule has 1 amide bonds. The van der Waals surface area contributed by atoms with Crippen molar-refractivity contribution in [1.82, 2.24) is 10.2 Å². The molecule has 0 bridgehead atoms. The van der Waals surface area contributed by atoms with E-state index in [1.54, 1.807) is 6.07 Å². The summed E-state index contributed by atoms with van der Waals surface area (Å²) in [6, 6.07) is 11.5. The summed E-state index contributed by atoms with van der Waals surface area (Å²) in [6.07, 6.45) is 0. The van der Waals surface area contributed by atoms with E-state index in [-0.39, 0.29) is 29.6 Å². The molecule has 0 saturated heterocycles. The van der Waals surface area contributed by atoms with E-state index in [1.807, 2.05) is 37.2 Å². The van der Waals surface area contributed by atoms with Gasteiger partial charge in [0.1, 0.15) is 0 Å². The monoisotopic (exact) mass is 398 g/mol. The zero-order chi connectivity index (χ0) is 20.0. The number of alkyl halides is 2. The molecule has 1 atom stereocenters. The van der Waals surface area contributed by atoms with Crippen molar-refractivity contribution in [3.05, 3.63) is 58.6 Å². The fourth-order valence-corrected chi connectivity index (χ4v) is 2.93. The third kappa shape index (κ3) is 5.30. The minimum Gasteiger partial charge on any atom is -0.493 e. The van der Waals surface area contributed by atoms with Crippen molar-refractivity contribution >= 4 is 17.5 Å². The Kier molecular flexibility index (Phi) is 7.38. The fourth-order valence-electron chi connectivity index (χ4n) is 2.67. The van der Waals surface area contributed by atoms with Gasteiger partial charge in [0, 0.05) is 11.6 Å². The number of carbonyl (C=O) groups is 1. The largest absolute Gasteiger partial charge is 0.493 e. The van der Waals surface area contributed by atoms with Crippen LogP contribution in [0.15, 0.2) is 42.5 Å². The number of amides is 1. The van der Waals surface area contributed by atoms with Gasteiger partial charge in [-0.15, -0.1) is 0 Å². The van der Waals surface area contributed by atoms with Crippen LogP contribution in [0.25, 0.3) is 0 Å². The highest BCUT2D eigenvalue weighted by atomic mass is 35.5. The zero-order valence-electron chi connectivity index (χ0n) is 15.2. The maximum absolute atomic E-state index is 12.7. The van der Waals surface area contributed by atoms with Crippen molar-refractivity contribution in [2.45, 2.75) is 12.7 Å². The summed E-state index contributed by atoms with van der Waals surface area (Å²) in [6.45, 7) is -2.86. The maximum Gasteiger partial charge on any atom is 0.387 e. The van der Waals surface area contributed by atoms with Crippen LogP contribution in [0.3, 0.4) is 0 Å². The lowest BCUT2D eigenvalue weighted by Gasteiger charge is -2.26. The Morgan fingerprint density at radius 1 is 1.19 bits per heavy atom. The van der Waals surface area contributed by atoms with Crippen LogP contribution >= 0.6 is 11.6 Å². The van der Waals surface area contributed by atoms with Crippen LogP contribution in [0, 0.1) is 0 Å². The van der Waals surface area contributed by atoms with Crippen molar-refractivity contribution in [1.29, 1.82) is 0 Å². The average molecular weight is 399 g/mol. The summed E-state index contributed by atoms with van der Waals surface area (Å²) in [7, 11) is 5.03. The molecule has 27 heavy (non-hydrogen) atoms. The Morgan fingerprint density at radius 3 is 2.48 bits per heavy atom. The number of halogens is 3. The van der Waals surface area contributed by atoms with Crippen molar-refractivity contribution in [2.24, 2.45) is 0 Å². The number of likely N-dealkylation sites (N-methyl/N-ethyl adjacent to an activating group) is 1. The van der Waals surface area contributed by atoms with E-state index < -0.39 is 12.5 Å². The zero-order valence-corrected chi connectivity index (χ0v) is 16.0. The lowest BCUT2D eigenvalue weighted by atomic mass is 10.1. The van der Waals surface area contributed by atoms with Crippen molar-refractivity contribution in [2.75, 3.05) is 27.7 Å². The van der Waals surface area contributed by atoms with Crippen LogP contribution in [-0.4, -0.2) is 45.2 Å². The predicted octanol–water partition coefficient (Wildman–Crippen LogP) is 3.98. The Hall–Kier alpha value is -2.38. The molecule has 8 heteroatoms. The first kappa shape index (κ1) is 20.9.